The van der Waals surface area contributed by atoms with Gasteiger partial charge in [-0.1, -0.05) is 39.8 Å². The quantitative estimate of drug-likeness (QED) is 0.795. The van der Waals surface area contributed by atoms with Crippen molar-refractivity contribution in [2.75, 3.05) is 5.32 Å². The van der Waals surface area contributed by atoms with Gasteiger partial charge < -0.3 is 10.4 Å². The lowest BCUT2D eigenvalue weighted by Gasteiger charge is -2.02. The van der Waals surface area contributed by atoms with Gasteiger partial charge in [0.1, 0.15) is 4.88 Å². The molecule has 0 aliphatic heterocycles. The molecule has 0 bridgehead atoms. The van der Waals surface area contributed by atoms with Gasteiger partial charge in [0.05, 0.1) is 10.7 Å². The molecule has 1 amide bonds. The van der Waals surface area contributed by atoms with Crippen LogP contribution in [0.15, 0.2) is 24.3 Å². The summed E-state index contributed by atoms with van der Waals surface area (Å²) in [4.78, 5) is 25.9. The van der Waals surface area contributed by atoms with Crippen molar-refractivity contribution >= 4 is 29.4 Å². The highest BCUT2D eigenvalue weighted by Crippen LogP contribution is 2.21. The molecule has 6 heteroatoms. The van der Waals surface area contributed by atoms with Gasteiger partial charge in [0, 0.05) is 12.1 Å². The number of nitrogens with zero attached hydrogens (tertiary/aromatic N) is 1. The molecule has 126 valence electrons. The molecule has 1 heterocycles. The van der Waals surface area contributed by atoms with E-state index < -0.39 is 5.97 Å². The number of carboxylic acid groups (broad SMARTS) is 1. The molecular weight excluding hydrogens is 312 g/mol. The average molecular weight is 336 g/mol. The molecule has 0 atom stereocenters. The summed E-state index contributed by atoms with van der Waals surface area (Å²) in [5.41, 5.74) is 2.22. The fourth-order valence-corrected chi connectivity index (χ4v) is 2.51. The maximum Gasteiger partial charge on any atom is 0.347 e. The van der Waals surface area contributed by atoms with E-state index in [4.69, 9.17) is 5.11 Å². The van der Waals surface area contributed by atoms with Gasteiger partial charge in [0.15, 0.2) is 0 Å². The van der Waals surface area contributed by atoms with Gasteiger partial charge in [-0.05, 0) is 24.6 Å². The van der Waals surface area contributed by atoms with E-state index in [1.165, 1.54) is 11.3 Å². The molecule has 2 aromatic rings. The minimum absolute atomic E-state index is 0.285. The molecule has 0 spiro atoms. The number of rotatable bonds is 5. The Morgan fingerprint density at radius 2 is 1.78 bits per heavy atom. The first kappa shape index (κ1) is 20.8. The van der Waals surface area contributed by atoms with Crippen LogP contribution < -0.4 is 5.32 Å². The van der Waals surface area contributed by atoms with Gasteiger partial charge in [-0.25, -0.2) is 9.78 Å². The van der Waals surface area contributed by atoms with E-state index in [1.54, 1.807) is 19.1 Å². The van der Waals surface area contributed by atoms with Crippen LogP contribution in [0, 0.1) is 6.92 Å². The molecule has 2 N–H and O–H groups in total. The Kier molecular flexibility index (Phi) is 10.3. The Morgan fingerprint density at radius 1 is 1.22 bits per heavy atom. The zero-order valence-corrected chi connectivity index (χ0v) is 15.0. The summed E-state index contributed by atoms with van der Waals surface area (Å²) in [5, 5.41) is 12.4. The Hall–Kier alpha value is -2.21. The third-order valence-electron chi connectivity index (χ3n) is 2.55. The fraction of sp³-hybridized carbons (Fsp3) is 0.353. The van der Waals surface area contributed by atoms with Crippen LogP contribution in [0.2, 0.25) is 0 Å². The monoisotopic (exact) mass is 336 g/mol. The number of hydrogen-bond donors (Lipinski definition) is 2. The van der Waals surface area contributed by atoms with Crippen molar-refractivity contribution < 1.29 is 14.7 Å². The largest absolute Gasteiger partial charge is 0.477 e. The Bertz CT molecular complexity index is 607. The highest BCUT2D eigenvalue weighted by molar-refractivity contribution is 7.13. The summed E-state index contributed by atoms with van der Waals surface area (Å²) in [5.74, 6) is -0.945. The summed E-state index contributed by atoms with van der Waals surface area (Å²) < 4.78 is 0. The molecule has 1 aromatic heterocycles. The number of thiazole rings is 1. The zero-order chi connectivity index (χ0) is 17.8. The van der Waals surface area contributed by atoms with Crippen molar-refractivity contribution in [2.24, 2.45) is 0 Å². The highest BCUT2D eigenvalue weighted by atomic mass is 32.1. The number of aromatic nitrogens is 1. The van der Waals surface area contributed by atoms with Gasteiger partial charge in [-0.3, -0.25) is 4.79 Å². The third-order valence-corrected chi connectivity index (χ3v) is 3.55. The number of carboxylic acids is 1. The first-order chi connectivity index (χ1) is 11.1. The molecule has 0 saturated carbocycles. The molecule has 0 radical (unpaired) electrons. The zero-order valence-electron chi connectivity index (χ0n) is 14.2. The maximum absolute atomic E-state index is 11.1. The van der Waals surface area contributed by atoms with Crippen LogP contribution in [-0.2, 0) is 11.2 Å². The third kappa shape index (κ3) is 6.61. The second-order valence-electron chi connectivity index (χ2n) is 3.95. The second kappa shape index (κ2) is 11.4. The SMILES string of the molecule is CC.CC.Cc1nc(Cc2ccc(NC=O)cc2)c(C(=O)O)s1. The summed E-state index contributed by atoms with van der Waals surface area (Å²) >= 11 is 1.18. The molecule has 5 nitrogen and oxygen atoms in total. The van der Waals surface area contributed by atoms with Crippen molar-refractivity contribution in [3.05, 3.63) is 45.4 Å². The number of aromatic carboxylic acids is 1. The van der Waals surface area contributed by atoms with Crippen molar-refractivity contribution in [1.29, 1.82) is 0 Å². The first-order valence-electron chi connectivity index (χ1n) is 7.59. The van der Waals surface area contributed by atoms with Crippen molar-refractivity contribution in [1.82, 2.24) is 4.98 Å². The highest BCUT2D eigenvalue weighted by Gasteiger charge is 2.15. The lowest BCUT2D eigenvalue weighted by molar-refractivity contribution is -0.105. The molecule has 0 saturated heterocycles. The van der Waals surface area contributed by atoms with Crippen molar-refractivity contribution in [2.45, 2.75) is 41.0 Å². The van der Waals surface area contributed by atoms with Crippen LogP contribution >= 0.6 is 11.3 Å². The van der Waals surface area contributed by atoms with Crippen LogP contribution in [0.3, 0.4) is 0 Å². The smallest absolute Gasteiger partial charge is 0.347 e. The number of hydrogen-bond acceptors (Lipinski definition) is 4. The summed E-state index contributed by atoms with van der Waals surface area (Å²) in [6, 6.07) is 7.21. The Morgan fingerprint density at radius 3 is 2.26 bits per heavy atom. The number of carbonyl (C=O) groups excluding carboxylic acids is 1. The number of benzene rings is 1. The Balaban J connectivity index is 0.00000112. The predicted molar refractivity (Wildman–Crippen MR) is 95.4 cm³/mol. The number of amides is 1. The molecule has 0 unspecified atom stereocenters. The van der Waals surface area contributed by atoms with E-state index in [1.807, 2.05) is 39.8 Å². The van der Waals surface area contributed by atoms with Crippen LogP contribution in [0.5, 0.6) is 0 Å². The van der Waals surface area contributed by atoms with Crippen molar-refractivity contribution in [3.8, 4) is 0 Å². The fourth-order valence-electron chi connectivity index (χ4n) is 1.74. The van der Waals surface area contributed by atoms with Gasteiger partial charge in [0.2, 0.25) is 6.41 Å². The molecule has 0 aliphatic carbocycles. The van der Waals surface area contributed by atoms with Crippen LogP contribution in [-0.4, -0.2) is 22.5 Å². The van der Waals surface area contributed by atoms with Crippen LogP contribution in [0.1, 0.15) is 53.6 Å². The van der Waals surface area contributed by atoms with E-state index in [0.29, 0.717) is 24.2 Å². The molecule has 0 aliphatic rings. The van der Waals surface area contributed by atoms with Crippen LogP contribution in [0.25, 0.3) is 0 Å². The molecule has 23 heavy (non-hydrogen) atoms. The molecule has 1 aromatic carbocycles. The average Bonchev–Trinajstić information content (AvgIpc) is 2.94. The van der Waals surface area contributed by atoms with Gasteiger partial charge in [-0.2, -0.15) is 0 Å². The summed E-state index contributed by atoms with van der Waals surface area (Å²) in [6.45, 7) is 9.79. The topological polar surface area (TPSA) is 79.3 Å². The van der Waals surface area contributed by atoms with Crippen molar-refractivity contribution in [3.63, 3.8) is 0 Å². The number of anilines is 1. The number of aryl methyl sites for hydroxylation is 1. The van der Waals surface area contributed by atoms with E-state index in [-0.39, 0.29) is 4.88 Å². The van der Waals surface area contributed by atoms with E-state index in [0.717, 1.165) is 10.6 Å². The van der Waals surface area contributed by atoms with E-state index in [2.05, 4.69) is 10.3 Å². The number of nitrogens with one attached hydrogen (secondary N) is 1. The standard InChI is InChI=1S/C13H12N2O3S.2C2H6/c1-8-15-11(12(19-8)13(17)18)6-9-2-4-10(5-3-9)14-7-16;2*1-2/h2-5,7H,6H2,1H3,(H,14,16)(H,17,18);2*1-2H3. The molecule has 0 fully saturated rings. The van der Waals surface area contributed by atoms with E-state index >= 15 is 0 Å². The number of carbonyl (C=O) groups is 2. The van der Waals surface area contributed by atoms with E-state index in [9.17, 15) is 9.59 Å². The normalized spacial score (nSPS) is 8.91. The predicted octanol–water partition coefficient (Wildman–Crippen LogP) is 4.36. The summed E-state index contributed by atoms with van der Waals surface area (Å²) in [7, 11) is 0. The Labute approximate surface area is 141 Å². The van der Waals surface area contributed by atoms with Gasteiger partial charge in [-0.15, -0.1) is 11.3 Å². The minimum Gasteiger partial charge on any atom is -0.477 e. The lowest BCUT2D eigenvalue weighted by Crippen LogP contribution is -2.00. The van der Waals surface area contributed by atoms with Gasteiger partial charge >= 0.3 is 5.97 Å². The minimum atomic E-state index is -0.945. The lowest BCUT2D eigenvalue weighted by atomic mass is 10.1. The molecular formula is C17H24N2O3S. The summed E-state index contributed by atoms with van der Waals surface area (Å²) in [6.07, 6.45) is 1.08. The second-order valence-corrected chi connectivity index (χ2v) is 5.15. The first-order valence-corrected chi connectivity index (χ1v) is 8.40. The van der Waals surface area contributed by atoms with Gasteiger partial charge in [0.25, 0.3) is 0 Å². The maximum atomic E-state index is 11.1. The molecule has 2 rings (SSSR count). The van der Waals surface area contributed by atoms with Crippen LogP contribution in [0.4, 0.5) is 5.69 Å².